The molecule has 0 unspecified atom stereocenters. The normalized spacial score (nSPS) is 11.5. The van der Waals surface area contributed by atoms with Crippen molar-refractivity contribution in [2.45, 2.75) is 26.2 Å². The van der Waals surface area contributed by atoms with Crippen molar-refractivity contribution in [3.8, 4) is 0 Å². The maximum atomic E-state index is 8.49. The van der Waals surface area contributed by atoms with Gasteiger partial charge >= 0.3 is 89.5 Å². The van der Waals surface area contributed by atoms with E-state index in [1.807, 2.05) is 91.1 Å². The summed E-state index contributed by atoms with van der Waals surface area (Å²) >= 11 is 0. The molecular formula is C52H52Ag4Cl4N20O20. The molecule has 0 atom stereocenters. The van der Waals surface area contributed by atoms with Crippen molar-refractivity contribution < 1.29 is 224 Å². The van der Waals surface area contributed by atoms with Gasteiger partial charge in [0.1, 0.15) is 28.4 Å². The zero-order valence-corrected chi connectivity index (χ0v) is 60.0. The van der Waals surface area contributed by atoms with Crippen LogP contribution < -0.4 is 96.5 Å². The van der Waals surface area contributed by atoms with E-state index in [2.05, 4.69) is 129 Å². The summed E-state index contributed by atoms with van der Waals surface area (Å²) in [6, 6.07) is 40.7. The molecule has 4 N–H and O–H groups in total. The maximum absolute atomic E-state index is 8.49. The molecule has 0 saturated carbocycles. The minimum atomic E-state index is -4.94. The van der Waals surface area contributed by atoms with E-state index in [9.17, 15) is 0 Å². The molecule has 100 heavy (non-hydrogen) atoms. The number of aromatic amines is 4. The Balaban J connectivity index is 0.000000603. The summed E-state index contributed by atoms with van der Waals surface area (Å²) in [7, 11) is -13.8. The summed E-state index contributed by atoms with van der Waals surface area (Å²) < 4.78 is 144. The topological polar surface area (TPSA) is 641 Å². The third kappa shape index (κ3) is 35.0. The van der Waals surface area contributed by atoms with Crippen LogP contribution in [0.15, 0.2) is 193 Å². The molecule has 8 aromatic heterocycles. The number of nitrogens with one attached hydrogen (secondary N) is 4. The van der Waals surface area contributed by atoms with Crippen LogP contribution in [0.1, 0.15) is 22.3 Å². The quantitative estimate of drug-likeness (QED) is 0.0652. The van der Waals surface area contributed by atoms with Gasteiger partial charge in [0.2, 0.25) is 22.0 Å². The Labute approximate surface area is 633 Å². The summed E-state index contributed by atoms with van der Waals surface area (Å²) in [5.41, 5.74) is 12.9. The van der Waals surface area contributed by atoms with Crippen LogP contribution in [0, 0.1) is 41.0 Å². The summed E-state index contributed by atoms with van der Waals surface area (Å²) in [6.45, 7) is 2.89. The number of H-pyrrole nitrogens is 4. The second-order valence-electron chi connectivity index (χ2n) is 17.7. The summed E-state index contributed by atoms with van der Waals surface area (Å²) in [4.78, 5) is 65.3. The summed E-state index contributed by atoms with van der Waals surface area (Å²) in [5.74, 6) is 0. The van der Waals surface area contributed by atoms with Crippen molar-refractivity contribution in [2.75, 3.05) is 28.4 Å². The molecule has 0 aliphatic heterocycles. The molecule has 0 aliphatic rings. The fourth-order valence-electron chi connectivity index (χ4n) is 7.83. The van der Waals surface area contributed by atoms with Gasteiger partial charge in [0.25, 0.3) is 0 Å². The molecule has 0 fully saturated rings. The van der Waals surface area contributed by atoms with Gasteiger partial charge in [0, 0.05) is 0 Å². The van der Waals surface area contributed by atoms with E-state index in [1.54, 1.807) is 50.6 Å². The number of imidazole rings is 4. The van der Waals surface area contributed by atoms with Gasteiger partial charge in [-0.15, -0.1) is 41.0 Å². The molecule has 12 aromatic rings. The smallest absolute Gasteiger partial charge is 0.397 e. The maximum Gasteiger partial charge on any atom is 1.00 e. The largest absolute Gasteiger partial charge is 1.00 e. The Hall–Kier alpha value is -7.04. The first-order chi connectivity index (χ1) is 45.5. The predicted molar refractivity (Wildman–Crippen MR) is 280 cm³/mol. The number of aromatic nitrogens is 16. The fraction of sp³-hybridized carbons (Fsp3) is 0.154. The van der Waals surface area contributed by atoms with E-state index >= 15 is 0 Å². The second kappa shape index (κ2) is 45.8. The first kappa shape index (κ1) is 91.0. The number of hydrogen-bond donors (Lipinski definition) is 4. The van der Waals surface area contributed by atoms with E-state index < -0.39 is 41.0 Å². The van der Waals surface area contributed by atoms with Crippen LogP contribution in [0.3, 0.4) is 0 Å². The molecule has 12 rings (SSSR count). The van der Waals surface area contributed by atoms with Crippen LogP contribution in [0.4, 0.5) is 0 Å². The minimum absolute atomic E-state index is 0. The summed E-state index contributed by atoms with van der Waals surface area (Å²) in [5, 5.41) is 15.5. The second-order valence-corrected chi connectivity index (χ2v) is 20.8. The molecule has 0 spiro atoms. The molecule has 48 heteroatoms. The zero-order chi connectivity index (χ0) is 70.3. The monoisotopic (exact) mass is 1840 g/mol. The third-order valence-electron chi connectivity index (χ3n) is 11.2. The average Bonchev–Trinajstić information content (AvgIpc) is 1.68. The number of nitrogens with zero attached hydrogens (tertiary/aromatic N) is 16. The van der Waals surface area contributed by atoms with Gasteiger partial charge < -0.3 is 57.6 Å². The Kier molecular flexibility index (Phi) is 41.6. The SMILES string of the molecule is CO/N=c1\[nH]cnc2c1ncn2Cc1ccccc1.CO/N=c1\[nH]cnc2c1ncn2Cc1ccccc1.CO/N=c1\[nH]cnc2c1ncn2Cc1ccccc1.CO/N=c1\[nH]cnc2c1ncn2Cc1ccccc1.[Ag+].[Ag+].[Ag+].[Ag+].[O-][Cl+3]([O-])([O-])[O-].[O-][Cl+3]([O-])([O-])[O-].[O-][Cl+3]([O-])([O-])[O-].[O-][Cl+3]([O-])([O-])[O-]. The number of benzene rings is 4. The molecule has 0 aliphatic carbocycles. The standard InChI is InChI=1S/4C13H13N5O.4Ag.4ClHO4/c4*1-19-17-12-11-13(15-8-14-12)18(9-16-11)7-10-5-3-2-4-6-10;;;;;4*2-1(3,4)5/h4*2-6,8-9H,7H2,1H3,(H,14,15,17);;;;;4*(H,2,3,4,5)/q;;;;4*+1;;;;/p-4. The fourth-order valence-corrected chi connectivity index (χ4v) is 7.83. The van der Waals surface area contributed by atoms with E-state index in [-0.39, 0.29) is 89.5 Å². The Morgan fingerprint density at radius 3 is 0.600 bits per heavy atom. The van der Waals surface area contributed by atoms with Crippen molar-refractivity contribution in [2.24, 2.45) is 20.6 Å². The Morgan fingerprint density at radius 2 is 0.450 bits per heavy atom. The van der Waals surface area contributed by atoms with Crippen molar-refractivity contribution in [1.82, 2.24) is 78.1 Å². The molecule has 8 heterocycles. The van der Waals surface area contributed by atoms with Crippen LogP contribution in [-0.2, 0) is 135 Å². The van der Waals surface area contributed by atoms with Gasteiger partial charge in [-0.3, -0.25) is 0 Å². The average molecular weight is 1850 g/mol. The molecule has 4 aromatic carbocycles. The van der Waals surface area contributed by atoms with Crippen molar-refractivity contribution in [3.63, 3.8) is 0 Å². The number of halogens is 4. The van der Waals surface area contributed by atoms with Gasteiger partial charge in [-0.2, -0.15) is 0 Å². The van der Waals surface area contributed by atoms with Crippen molar-refractivity contribution >= 4 is 44.7 Å². The molecule has 0 amide bonds. The van der Waals surface area contributed by atoms with Crippen LogP contribution in [0.25, 0.3) is 44.7 Å². The van der Waals surface area contributed by atoms with E-state index in [4.69, 9.17) is 93.9 Å². The van der Waals surface area contributed by atoms with E-state index in [0.717, 1.165) is 48.8 Å². The Bertz CT molecular complexity index is 3950. The van der Waals surface area contributed by atoms with Gasteiger partial charge in [-0.25, -0.2) is 114 Å². The van der Waals surface area contributed by atoms with Crippen LogP contribution in [0.2, 0.25) is 0 Å². The third-order valence-corrected chi connectivity index (χ3v) is 11.2. The molecule has 0 saturated heterocycles. The van der Waals surface area contributed by atoms with Gasteiger partial charge in [-0.05, 0) is 22.3 Å². The molecule has 40 nitrogen and oxygen atoms in total. The van der Waals surface area contributed by atoms with Crippen LogP contribution in [-0.4, -0.2) is 107 Å². The van der Waals surface area contributed by atoms with E-state index in [0.29, 0.717) is 44.0 Å². The zero-order valence-electron chi connectivity index (χ0n) is 51.0. The first-order valence-corrected chi connectivity index (χ1v) is 30.9. The Morgan fingerprint density at radius 1 is 0.290 bits per heavy atom. The van der Waals surface area contributed by atoms with Crippen molar-refractivity contribution in [1.29, 1.82) is 0 Å². The number of fused-ring (bicyclic) bond motifs is 4. The van der Waals surface area contributed by atoms with E-state index in [1.165, 1.54) is 50.7 Å². The molecular weight excluding hydrogens is 1800 g/mol. The summed E-state index contributed by atoms with van der Waals surface area (Å²) in [6.07, 6.45) is 13.4. The van der Waals surface area contributed by atoms with Gasteiger partial charge in [0.05, 0.1) is 76.8 Å². The molecule has 0 radical (unpaired) electrons. The predicted octanol–water partition coefficient (Wildman–Crippen LogP) is -14.0. The number of hydrogen-bond acceptors (Lipinski definition) is 32. The first-order valence-electron chi connectivity index (χ1n) is 26.0. The minimum Gasteiger partial charge on any atom is -0.397 e. The number of rotatable bonds is 12. The van der Waals surface area contributed by atoms with Crippen LogP contribution >= 0.6 is 0 Å². The van der Waals surface area contributed by atoms with Gasteiger partial charge in [-0.1, -0.05) is 142 Å². The van der Waals surface area contributed by atoms with Gasteiger partial charge in [0.15, 0.2) is 44.7 Å². The van der Waals surface area contributed by atoms with Crippen LogP contribution in [0.5, 0.6) is 0 Å². The molecule has 552 valence electrons. The molecule has 0 bridgehead atoms. The van der Waals surface area contributed by atoms with Crippen molar-refractivity contribution in [3.05, 3.63) is 216 Å².